The molecule has 0 amide bonds. The average molecular weight is 284 g/mol. The molecular weight excluding hydrogens is 268 g/mol. The lowest BCUT2D eigenvalue weighted by Crippen LogP contribution is -2.02. The fourth-order valence-electron chi connectivity index (χ4n) is 2.13. The van der Waals surface area contributed by atoms with Crippen LogP contribution in [0.5, 0.6) is 0 Å². The Morgan fingerprint density at radius 1 is 1.20 bits per heavy atom. The number of nitrogens with two attached hydrogens (primary N) is 1. The van der Waals surface area contributed by atoms with Crippen molar-refractivity contribution in [2.75, 3.05) is 6.54 Å². The summed E-state index contributed by atoms with van der Waals surface area (Å²) in [6.07, 6.45) is 0.902. The molecule has 0 atom stereocenters. The summed E-state index contributed by atoms with van der Waals surface area (Å²) in [5.74, 6) is 1.66. The van der Waals surface area contributed by atoms with E-state index in [0.29, 0.717) is 6.54 Å². The Hall–Kier alpha value is -1.98. The van der Waals surface area contributed by atoms with Crippen molar-refractivity contribution >= 4 is 11.3 Å². The summed E-state index contributed by atoms with van der Waals surface area (Å²) in [6.45, 7) is 0.672. The second kappa shape index (κ2) is 5.56. The fraction of sp³-hybridized carbons (Fsp3) is 0.200. The normalized spacial score (nSPS) is 10.9. The highest BCUT2D eigenvalue weighted by molar-refractivity contribution is 7.13. The largest absolute Gasteiger partial charge is 0.330 e. The molecular formula is C15H16N4S. The predicted octanol–water partition coefficient (Wildman–Crippen LogP) is 2.71. The topological polar surface area (TPSA) is 56.7 Å². The van der Waals surface area contributed by atoms with Gasteiger partial charge in [0.05, 0.1) is 4.88 Å². The lowest BCUT2D eigenvalue weighted by Gasteiger charge is -2.02. The SMILES string of the molecule is Cn1nc(-c2cccs2)nc1-c1ccc(CCN)cc1. The van der Waals surface area contributed by atoms with Crippen molar-refractivity contribution in [1.29, 1.82) is 0 Å². The molecule has 0 saturated carbocycles. The van der Waals surface area contributed by atoms with E-state index < -0.39 is 0 Å². The molecule has 3 aromatic rings. The van der Waals surface area contributed by atoms with Gasteiger partial charge in [0.1, 0.15) is 0 Å². The van der Waals surface area contributed by atoms with Gasteiger partial charge in [-0.15, -0.1) is 16.4 Å². The number of rotatable bonds is 4. The first-order valence-electron chi connectivity index (χ1n) is 6.52. The van der Waals surface area contributed by atoms with E-state index in [0.717, 1.165) is 28.5 Å². The van der Waals surface area contributed by atoms with Crippen LogP contribution in [0, 0.1) is 0 Å². The zero-order valence-corrected chi connectivity index (χ0v) is 12.1. The van der Waals surface area contributed by atoms with Crippen molar-refractivity contribution in [3.8, 4) is 22.1 Å². The molecule has 4 nitrogen and oxygen atoms in total. The van der Waals surface area contributed by atoms with Crippen molar-refractivity contribution in [1.82, 2.24) is 14.8 Å². The Labute approximate surface area is 121 Å². The van der Waals surface area contributed by atoms with Crippen LogP contribution >= 0.6 is 11.3 Å². The quantitative estimate of drug-likeness (QED) is 0.801. The van der Waals surface area contributed by atoms with Gasteiger partial charge < -0.3 is 5.73 Å². The molecule has 0 saturated heterocycles. The van der Waals surface area contributed by atoms with Gasteiger partial charge in [0.15, 0.2) is 11.6 Å². The van der Waals surface area contributed by atoms with Crippen LogP contribution in [-0.2, 0) is 13.5 Å². The van der Waals surface area contributed by atoms with Gasteiger partial charge in [0, 0.05) is 12.6 Å². The Morgan fingerprint density at radius 3 is 2.65 bits per heavy atom. The third-order valence-electron chi connectivity index (χ3n) is 3.15. The Balaban J connectivity index is 1.94. The zero-order valence-electron chi connectivity index (χ0n) is 11.3. The van der Waals surface area contributed by atoms with Gasteiger partial charge in [-0.25, -0.2) is 9.67 Å². The van der Waals surface area contributed by atoms with Crippen LogP contribution in [0.3, 0.4) is 0 Å². The van der Waals surface area contributed by atoms with E-state index in [2.05, 4.69) is 34.3 Å². The number of aromatic nitrogens is 3. The summed E-state index contributed by atoms with van der Waals surface area (Å²) < 4.78 is 1.83. The van der Waals surface area contributed by atoms with E-state index >= 15 is 0 Å². The van der Waals surface area contributed by atoms with Crippen molar-refractivity contribution in [2.45, 2.75) is 6.42 Å². The number of benzene rings is 1. The molecule has 2 aromatic heterocycles. The maximum atomic E-state index is 5.57. The highest BCUT2D eigenvalue weighted by atomic mass is 32.1. The Morgan fingerprint density at radius 2 is 2.00 bits per heavy atom. The standard InChI is InChI=1S/C15H16N4S/c1-19-15(12-6-4-11(5-7-12)8-9-16)17-14(18-19)13-3-2-10-20-13/h2-7,10H,8-9,16H2,1H3. The highest BCUT2D eigenvalue weighted by Gasteiger charge is 2.11. The molecule has 2 N–H and O–H groups in total. The highest BCUT2D eigenvalue weighted by Crippen LogP contribution is 2.25. The van der Waals surface area contributed by atoms with Gasteiger partial charge >= 0.3 is 0 Å². The minimum Gasteiger partial charge on any atom is -0.330 e. The number of aryl methyl sites for hydroxylation is 1. The lowest BCUT2D eigenvalue weighted by molar-refractivity contribution is 0.777. The molecule has 0 unspecified atom stereocenters. The monoisotopic (exact) mass is 284 g/mol. The number of nitrogens with zero attached hydrogens (tertiary/aromatic N) is 3. The van der Waals surface area contributed by atoms with E-state index in [4.69, 9.17) is 5.73 Å². The van der Waals surface area contributed by atoms with Gasteiger partial charge in [0.2, 0.25) is 0 Å². The van der Waals surface area contributed by atoms with Gasteiger partial charge in [-0.1, -0.05) is 30.3 Å². The van der Waals surface area contributed by atoms with Crippen LogP contribution < -0.4 is 5.73 Å². The summed E-state index contributed by atoms with van der Waals surface area (Å²) >= 11 is 1.65. The summed E-state index contributed by atoms with van der Waals surface area (Å²) in [7, 11) is 1.92. The molecule has 0 aliphatic carbocycles. The maximum Gasteiger partial charge on any atom is 0.191 e. The maximum absolute atomic E-state index is 5.57. The molecule has 0 fully saturated rings. The first kappa shape index (κ1) is 13.0. The minimum absolute atomic E-state index is 0.672. The number of hydrogen-bond acceptors (Lipinski definition) is 4. The molecule has 1 aromatic carbocycles. The average Bonchev–Trinajstić information content (AvgIpc) is 3.09. The summed E-state index contributed by atoms with van der Waals surface area (Å²) in [6, 6.07) is 12.4. The third-order valence-corrected chi connectivity index (χ3v) is 4.02. The van der Waals surface area contributed by atoms with E-state index in [9.17, 15) is 0 Å². The van der Waals surface area contributed by atoms with E-state index in [-0.39, 0.29) is 0 Å². The van der Waals surface area contributed by atoms with Gasteiger partial charge in [-0.05, 0) is 30.0 Å². The van der Waals surface area contributed by atoms with Gasteiger partial charge in [-0.3, -0.25) is 0 Å². The first-order chi connectivity index (χ1) is 9.78. The molecule has 0 radical (unpaired) electrons. The Kier molecular flexibility index (Phi) is 3.62. The van der Waals surface area contributed by atoms with Crippen LogP contribution in [0.2, 0.25) is 0 Å². The van der Waals surface area contributed by atoms with Crippen molar-refractivity contribution in [3.63, 3.8) is 0 Å². The van der Waals surface area contributed by atoms with Crippen LogP contribution in [-0.4, -0.2) is 21.3 Å². The van der Waals surface area contributed by atoms with Crippen molar-refractivity contribution < 1.29 is 0 Å². The summed E-state index contributed by atoms with van der Waals surface area (Å²) in [4.78, 5) is 5.73. The fourth-order valence-corrected chi connectivity index (χ4v) is 2.79. The molecule has 0 bridgehead atoms. The van der Waals surface area contributed by atoms with Gasteiger partial charge in [-0.2, -0.15) is 0 Å². The second-order valence-electron chi connectivity index (χ2n) is 4.60. The van der Waals surface area contributed by atoms with Crippen LogP contribution in [0.1, 0.15) is 5.56 Å². The van der Waals surface area contributed by atoms with Crippen molar-refractivity contribution in [2.24, 2.45) is 12.8 Å². The first-order valence-corrected chi connectivity index (χ1v) is 7.40. The lowest BCUT2D eigenvalue weighted by atomic mass is 10.1. The summed E-state index contributed by atoms with van der Waals surface area (Å²) in [5, 5.41) is 6.52. The molecule has 5 heteroatoms. The minimum atomic E-state index is 0.672. The van der Waals surface area contributed by atoms with E-state index in [1.807, 2.05) is 29.2 Å². The van der Waals surface area contributed by atoms with Crippen LogP contribution in [0.15, 0.2) is 41.8 Å². The predicted molar refractivity (Wildman–Crippen MR) is 82.5 cm³/mol. The van der Waals surface area contributed by atoms with E-state index in [1.54, 1.807) is 11.3 Å². The van der Waals surface area contributed by atoms with Crippen LogP contribution in [0.25, 0.3) is 22.1 Å². The zero-order chi connectivity index (χ0) is 13.9. The second-order valence-corrected chi connectivity index (χ2v) is 5.54. The molecule has 0 aliphatic heterocycles. The number of hydrogen-bond donors (Lipinski definition) is 1. The van der Waals surface area contributed by atoms with Crippen molar-refractivity contribution in [3.05, 3.63) is 47.3 Å². The molecule has 102 valence electrons. The molecule has 20 heavy (non-hydrogen) atoms. The molecule has 2 heterocycles. The van der Waals surface area contributed by atoms with E-state index in [1.165, 1.54) is 5.56 Å². The third kappa shape index (κ3) is 2.50. The van der Waals surface area contributed by atoms with Gasteiger partial charge in [0.25, 0.3) is 0 Å². The Bertz CT molecular complexity index is 683. The molecule has 3 rings (SSSR count). The molecule has 0 spiro atoms. The smallest absolute Gasteiger partial charge is 0.191 e. The number of thiophene rings is 1. The van der Waals surface area contributed by atoms with Crippen LogP contribution in [0.4, 0.5) is 0 Å². The summed E-state index contributed by atoms with van der Waals surface area (Å²) in [5.41, 5.74) is 7.89. The molecule has 0 aliphatic rings.